The van der Waals surface area contributed by atoms with Gasteiger partial charge in [0, 0.05) is 31.2 Å². The van der Waals surface area contributed by atoms with Gasteiger partial charge in [-0.05, 0) is 56.0 Å². The fourth-order valence-electron chi connectivity index (χ4n) is 4.40. The number of aliphatic hydroxyl groups is 1. The fourth-order valence-corrected chi connectivity index (χ4v) is 4.40. The van der Waals surface area contributed by atoms with Crippen LogP contribution in [-0.2, 0) is 11.3 Å². The molecule has 1 aromatic carbocycles. The molecule has 3 heterocycles. The SMILES string of the molecule is Cc1nc(C(=O)NC2CCN(CC(O)c3ccc4c(c3C)COC4=O)CC2)ccc1C#N. The van der Waals surface area contributed by atoms with Gasteiger partial charge in [-0.25, -0.2) is 9.78 Å². The summed E-state index contributed by atoms with van der Waals surface area (Å²) in [6.07, 6.45) is 0.895. The number of rotatable bonds is 5. The van der Waals surface area contributed by atoms with Crippen molar-refractivity contribution >= 4 is 11.9 Å². The number of ether oxygens (including phenoxy) is 1. The molecule has 1 saturated heterocycles. The molecule has 166 valence electrons. The molecule has 0 bridgehead atoms. The Labute approximate surface area is 186 Å². The molecule has 0 saturated carbocycles. The number of hydrogen-bond acceptors (Lipinski definition) is 7. The van der Waals surface area contributed by atoms with Crippen LogP contribution in [0.2, 0.25) is 0 Å². The first-order valence-corrected chi connectivity index (χ1v) is 10.8. The van der Waals surface area contributed by atoms with Gasteiger partial charge in [-0.15, -0.1) is 0 Å². The number of piperidine rings is 1. The number of nitrogens with zero attached hydrogens (tertiary/aromatic N) is 3. The lowest BCUT2D eigenvalue weighted by Gasteiger charge is -2.33. The Balaban J connectivity index is 1.31. The topological polar surface area (TPSA) is 116 Å². The third-order valence-electron chi connectivity index (χ3n) is 6.36. The van der Waals surface area contributed by atoms with E-state index in [-0.39, 0.29) is 24.5 Å². The first-order valence-electron chi connectivity index (χ1n) is 10.8. The molecule has 1 aromatic heterocycles. The molecule has 8 nitrogen and oxygen atoms in total. The number of amides is 1. The quantitative estimate of drug-likeness (QED) is 0.693. The molecule has 1 amide bonds. The van der Waals surface area contributed by atoms with E-state index in [0.717, 1.165) is 42.6 Å². The highest BCUT2D eigenvalue weighted by molar-refractivity contribution is 5.94. The maximum absolute atomic E-state index is 12.5. The van der Waals surface area contributed by atoms with Crippen molar-refractivity contribution in [2.24, 2.45) is 0 Å². The smallest absolute Gasteiger partial charge is 0.338 e. The van der Waals surface area contributed by atoms with E-state index in [9.17, 15) is 14.7 Å². The highest BCUT2D eigenvalue weighted by Gasteiger charge is 2.28. The van der Waals surface area contributed by atoms with Crippen LogP contribution in [0.15, 0.2) is 24.3 Å². The second kappa shape index (κ2) is 9.07. The predicted octanol–water partition coefficient (Wildman–Crippen LogP) is 2.17. The van der Waals surface area contributed by atoms with Crippen molar-refractivity contribution in [2.45, 2.75) is 45.4 Å². The zero-order valence-electron chi connectivity index (χ0n) is 18.2. The Hall–Kier alpha value is -3.28. The summed E-state index contributed by atoms with van der Waals surface area (Å²) in [7, 11) is 0. The highest BCUT2D eigenvalue weighted by Crippen LogP contribution is 2.29. The van der Waals surface area contributed by atoms with E-state index in [0.29, 0.717) is 29.1 Å². The minimum absolute atomic E-state index is 0.0403. The number of aryl methyl sites for hydroxylation is 1. The van der Waals surface area contributed by atoms with Crippen LogP contribution in [-0.4, -0.2) is 52.5 Å². The van der Waals surface area contributed by atoms with Gasteiger partial charge in [-0.1, -0.05) is 6.07 Å². The van der Waals surface area contributed by atoms with Crippen LogP contribution in [0.4, 0.5) is 0 Å². The van der Waals surface area contributed by atoms with Crippen LogP contribution >= 0.6 is 0 Å². The Kier molecular flexibility index (Phi) is 6.21. The zero-order valence-corrected chi connectivity index (χ0v) is 18.2. The number of esters is 1. The Morgan fingerprint density at radius 2 is 2.06 bits per heavy atom. The summed E-state index contributed by atoms with van der Waals surface area (Å²) < 4.78 is 5.10. The number of nitrogens with one attached hydrogen (secondary N) is 1. The number of pyridine rings is 1. The molecule has 0 aliphatic carbocycles. The molecule has 2 N–H and O–H groups in total. The van der Waals surface area contributed by atoms with Gasteiger partial charge < -0.3 is 20.1 Å². The molecular formula is C24H26N4O4. The van der Waals surface area contributed by atoms with Gasteiger partial charge in [0.25, 0.3) is 5.91 Å². The standard InChI is InChI=1S/C24H26N4O4/c1-14-18(4-5-19-20(14)13-32-24(19)31)22(29)12-28-9-7-17(8-10-28)27-23(30)21-6-3-16(11-25)15(2)26-21/h3-6,17,22,29H,7-10,12-13H2,1-2H3,(H,27,30). The number of benzene rings is 1. The van der Waals surface area contributed by atoms with Crippen LogP contribution in [0, 0.1) is 25.2 Å². The molecule has 1 fully saturated rings. The van der Waals surface area contributed by atoms with Crippen molar-refractivity contribution in [3.8, 4) is 6.07 Å². The summed E-state index contributed by atoms with van der Waals surface area (Å²) >= 11 is 0. The van der Waals surface area contributed by atoms with Gasteiger partial charge in [0.2, 0.25) is 0 Å². The van der Waals surface area contributed by atoms with E-state index >= 15 is 0 Å². The third kappa shape index (κ3) is 4.35. The summed E-state index contributed by atoms with van der Waals surface area (Å²) in [6.45, 7) is 5.90. The zero-order chi connectivity index (χ0) is 22.8. The number of carbonyl (C=O) groups excluding carboxylic acids is 2. The number of fused-ring (bicyclic) bond motifs is 1. The summed E-state index contributed by atoms with van der Waals surface area (Å²) in [5.41, 5.74) is 4.50. The van der Waals surface area contributed by atoms with Gasteiger partial charge >= 0.3 is 5.97 Å². The lowest BCUT2D eigenvalue weighted by Crippen LogP contribution is -2.45. The van der Waals surface area contributed by atoms with Gasteiger partial charge in [0.15, 0.2) is 0 Å². The van der Waals surface area contributed by atoms with Crippen LogP contribution < -0.4 is 5.32 Å². The molecule has 4 rings (SSSR count). The normalized spacial score (nSPS) is 17.4. The van der Waals surface area contributed by atoms with Crippen LogP contribution in [0.1, 0.15) is 67.7 Å². The average Bonchev–Trinajstić information content (AvgIpc) is 3.16. The van der Waals surface area contributed by atoms with Crippen molar-refractivity contribution in [1.29, 1.82) is 5.26 Å². The van der Waals surface area contributed by atoms with E-state index in [4.69, 9.17) is 10.00 Å². The monoisotopic (exact) mass is 434 g/mol. The van der Waals surface area contributed by atoms with Gasteiger partial charge in [0.05, 0.1) is 22.9 Å². The van der Waals surface area contributed by atoms with Crippen molar-refractivity contribution in [3.63, 3.8) is 0 Å². The maximum atomic E-state index is 12.5. The second-order valence-electron chi connectivity index (χ2n) is 8.39. The summed E-state index contributed by atoms with van der Waals surface area (Å²) in [5.74, 6) is -0.541. The van der Waals surface area contributed by atoms with Crippen LogP contribution in [0.3, 0.4) is 0 Å². The van der Waals surface area contributed by atoms with Gasteiger partial charge in [-0.3, -0.25) is 4.79 Å². The molecule has 2 aromatic rings. The lowest BCUT2D eigenvalue weighted by atomic mass is 9.94. The van der Waals surface area contributed by atoms with Gasteiger partial charge in [0.1, 0.15) is 18.4 Å². The Morgan fingerprint density at radius 1 is 1.31 bits per heavy atom. The van der Waals surface area contributed by atoms with E-state index in [1.807, 2.05) is 13.0 Å². The van der Waals surface area contributed by atoms with Crippen molar-refractivity contribution in [3.05, 3.63) is 63.5 Å². The molecule has 2 aliphatic rings. The first-order chi connectivity index (χ1) is 15.4. The fraction of sp³-hybridized carbons (Fsp3) is 0.417. The van der Waals surface area contributed by atoms with Crippen molar-refractivity contribution < 1.29 is 19.4 Å². The minimum atomic E-state index is -0.659. The van der Waals surface area contributed by atoms with Crippen molar-refractivity contribution in [2.75, 3.05) is 19.6 Å². The number of carbonyl (C=O) groups is 2. The number of likely N-dealkylation sites (tertiary alicyclic amines) is 1. The summed E-state index contributed by atoms with van der Waals surface area (Å²) in [6, 6.07) is 8.82. The largest absolute Gasteiger partial charge is 0.457 e. The number of cyclic esters (lactones) is 1. The number of β-amino-alcohol motifs (C(OH)–C–C–N with tert-alkyl or cyclic N) is 1. The first kappa shape index (κ1) is 21.9. The van der Waals surface area contributed by atoms with Gasteiger partial charge in [-0.2, -0.15) is 5.26 Å². The molecule has 2 aliphatic heterocycles. The third-order valence-corrected chi connectivity index (χ3v) is 6.36. The molecular weight excluding hydrogens is 408 g/mol. The lowest BCUT2D eigenvalue weighted by molar-refractivity contribution is 0.0534. The summed E-state index contributed by atoms with van der Waals surface area (Å²) in [4.78, 5) is 30.7. The highest BCUT2D eigenvalue weighted by atomic mass is 16.5. The van der Waals surface area contributed by atoms with E-state index in [1.165, 1.54) is 0 Å². The molecule has 0 spiro atoms. The van der Waals surface area contributed by atoms with E-state index < -0.39 is 6.10 Å². The molecule has 1 unspecified atom stereocenters. The average molecular weight is 434 g/mol. The molecule has 1 atom stereocenters. The number of aromatic nitrogens is 1. The van der Waals surface area contributed by atoms with E-state index in [1.54, 1.807) is 25.1 Å². The molecule has 32 heavy (non-hydrogen) atoms. The Morgan fingerprint density at radius 3 is 2.75 bits per heavy atom. The van der Waals surface area contributed by atoms with Crippen molar-refractivity contribution in [1.82, 2.24) is 15.2 Å². The predicted molar refractivity (Wildman–Crippen MR) is 116 cm³/mol. The molecule has 8 heteroatoms. The maximum Gasteiger partial charge on any atom is 0.338 e. The van der Waals surface area contributed by atoms with Crippen LogP contribution in [0.5, 0.6) is 0 Å². The number of nitriles is 1. The number of aliphatic hydroxyl groups excluding tert-OH is 1. The second-order valence-corrected chi connectivity index (χ2v) is 8.39. The Bertz CT molecular complexity index is 1100. The van der Waals surface area contributed by atoms with E-state index in [2.05, 4.69) is 21.3 Å². The van der Waals surface area contributed by atoms with Crippen LogP contribution in [0.25, 0.3) is 0 Å². The minimum Gasteiger partial charge on any atom is -0.457 e. The summed E-state index contributed by atoms with van der Waals surface area (Å²) in [5, 5.41) is 22.8. The molecule has 0 radical (unpaired) electrons. The number of hydrogen-bond donors (Lipinski definition) is 2.